The first kappa shape index (κ1) is 18.0. The van der Waals surface area contributed by atoms with Crippen LogP contribution in [0.2, 0.25) is 0 Å². The fraction of sp³-hybridized carbons (Fsp3) is 0.474. The number of aromatic nitrogens is 2. The predicted octanol–water partition coefficient (Wildman–Crippen LogP) is 1.17. The molecule has 1 aromatic heterocycles. The second kappa shape index (κ2) is 8.08. The summed E-state index contributed by atoms with van der Waals surface area (Å²) in [6, 6.07) is 9.40. The van der Waals surface area contributed by atoms with Crippen molar-refractivity contribution in [2.24, 2.45) is 0 Å². The van der Waals surface area contributed by atoms with E-state index in [0.29, 0.717) is 26.3 Å². The van der Waals surface area contributed by atoms with Crippen molar-refractivity contribution >= 4 is 11.7 Å². The third-order valence-electron chi connectivity index (χ3n) is 5.20. The van der Waals surface area contributed by atoms with E-state index in [1.165, 1.54) is 0 Å². The number of rotatable bonds is 3. The van der Waals surface area contributed by atoms with Crippen LogP contribution in [0, 0.1) is 0 Å². The number of carbonyl (C=O) groups is 1. The molecule has 27 heavy (non-hydrogen) atoms. The third kappa shape index (κ3) is 3.97. The SMILES string of the molecule is O=C(Nc1ccccc1-n1cccn1)N1CCCN([C@@H]2COC[C@H]2O)CC1. The van der Waals surface area contributed by atoms with Crippen LogP contribution in [0.15, 0.2) is 42.7 Å². The monoisotopic (exact) mass is 371 g/mol. The Morgan fingerprint density at radius 2 is 2.04 bits per heavy atom. The van der Waals surface area contributed by atoms with E-state index >= 15 is 0 Å². The number of aliphatic hydroxyl groups is 1. The van der Waals surface area contributed by atoms with Gasteiger partial charge in [0.05, 0.1) is 36.7 Å². The number of anilines is 1. The van der Waals surface area contributed by atoms with E-state index in [9.17, 15) is 9.90 Å². The molecule has 0 radical (unpaired) electrons. The van der Waals surface area contributed by atoms with Gasteiger partial charge >= 0.3 is 6.03 Å². The van der Waals surface area contributed by atoms with Crippen molar-refractivity contribution in [3.8, 4) is 5.69 Å². The van der Waals surface area contributed by atoms with Crippen LogP contribution in [0.25, 0.3) is 5.69 Å². The molecule has 2 saturated heterocycles. The van der Waals surface area contributed by atoms with Crippen LogP contribution in [0.3, 0.4) is 0 Å². The zero-order valence-corrected chi connectivity index (χ0v) is 15.2. The van der Waals surface area contributed by atoms with Gasteiger partial charge in [0.1, 0.15) is 0 Å². The summed E-state index contributed by atoms with van der Waals surface area (Å²) in [5.74, 6) is 0. The zero-order chi connectivity index (χ0) is 18.6. The van der Waals surface area contributed by atoms with E-state index in [4.69, 9.17) is 4.74 Å². The first-order chi connectivity index (χ1) is 13.2. The Labute approximate surface area is 158 Å². The number of ether oxygens (including phenoxy) is 1. The van der Waals surface area contributed by atoms with Crippen molar-refractivity contribution in [1.29, 1.82) is 0 Å². The van der Waals surface area contributed by atoms with Crippen molar-refractivity contribution in [3.63, 3.8) is 0 Å². The van der Waals surface area contributed by atoms with E-state index < -0.39 is 6.10 Å². The highest BCUT2D eigenvalue weighted by Crippen LogP contribution is 2.20. The van der Waals surface area contributed by atoms with Crippen molar-refractivity contribution < 1.29 is 14.6 Å². The largest absolute Gasteiger partial charge is 0.389 e. The maximum atomic E-state index is 12.8. The van der Waals surface area contributed by atoms with Gasteiger partial charge in [0.2, 0.25) is 0 Å². The number of para-hydroxylation sites is 2. The third-order valence-corrected chi connectivity index (χ3v) is 5.20. The quantitative estimate of drug-likeness (QED) is 0.846. The number of hydrogen-bond acceptors (Lipinski definition) is 5. The molecule has 3 heterocycles. The Morgan fingerprint density at radius 3 is 2.81 bits per heavy atom. The normalized spacial score (nSPS) is 24.0. The summed E-state index contributed by atoms with van der Waals surface area (Å²) in [5, 5.41) is 17.3. The average molecular weight is 371 g/mol. The van der Waals surface area contributed by atoms with Crippen molar-refractivity contribution in [1.82, 2.24) is 19.6 Å². The van der Waals surface area contributed by atoms with Gasteiger partial charge in [-0.25, -0.2) is 9.48 Å². The highest BCUT2D eigenvalue weighted by atomic mass is 16.5. The summed E-state index contributed by atoms with van der Waals surface area (Å²) in [6.07, 6.45) is 4.00. The molecule has 0 aliphatic carbocycles. The van der Waals surface area contributed by atoms with Gasteiger partial charge in [0.25, 0.3) is 0 Å². The lowest BCUT2D eigenvalue weighted by atomic mass is 10.2. The topological polar surface area (TPSA) is 82.9 Å². The molecule has 2 N–H and O–H groups in total. The minimum absolute atomic E-state index is 0.0357. The Hall–Kier alpha value is -2.42. The second-order valence-corrected chi connectivity index (χ2v) is 6.95. The van der Waals surface area contributed by atoms with E-state index in [1.807, 2.05) is 41.4 Å². The number of carbonyl (C=O) groups excluding carboxylic acids is 1. The molecule has 0 spiro atoms. The number of hydrogen-bond donors (Lipinski definition) is 2. The van der Waals surface area contributed by atoms with Crippen molar-refractivity contribution in [3.05, 3.63) is 42.7 Å². The van der Waals surface area contributed by atoms with Crippen LogP contribution in [-0.4, -0.2) is 82.3 Å². The number of nitrogens with zero attached hydrogens (tertiary/aromatic N) is 4. The highest BCUT2D eigenvalue weighted by molar-refractivity contribution is 5.91. The molecule has 2 atom stereocenters. The molecule has 0 saturated carbocycles. The van der Waals surface area contributed by atoms with Gasteiger partial charge in [-0.2, -0.15) is 5.10 Å². The van der Waals surface area contributed by atoms with Crippen LogP contribution in [-0.2, 0) is 4.74 Å². The lowest BCUT2D eigenvalue weighted by Gasteiger charge is -2.28. The molecule has 2 aliphatic heterocycles. The van der Waals surface area contributed by atoms with Gasteiger partial charge < -0.3 is 20.1 Å². The molecule has 144 valence electrons. The summed E-state index contributed by atoms with van der Waals surface area (Å²) in [7, 11) is 0. The molecule has 4 rings (SSSR count). The zero-order valence-electron chi connectivity index (χ0n) is 15.2. The Bertz CT molecular complexity index is 766. The fourth-order valence-electron chi connectivity index (χ4n) is 3.74. The number of amides is 2. The van der Waals surface area contributed by atoms with E-state index in [0.717, 1.165) is 30.9 Å². The minimum atomic E-state index is -0.439. The molecule has 1 aromatic carbocycles. The molecule has 2 aromatic rings. The minimum Gasteiger partial charge on any atom is -0.389 e. The molecule has 2 fully saturated rings. The number of aliphatic hydroxyl groups excluding tert-OH is 1. The first-order valence-corrected chi connectivity index (χ1v) is 9.37. The van der Waals surface area contributed by atoms with Crippen LogP contribution in [0.1, 0.15) is 6.42 Å². The van der Waals surface area contributed by atoms with E-state index in [2.05, 4.69) is 15.3 Å². The van der Waals surface area contributed by atoms with Crippen molar-refractivity contribution in [2.45, 2.75) is 18.6 Å². The first-order valence-electron chi connectivity index (χ1n) is 9.37. The number of benzene rings is 1. The number of nitrogens with one attached hydrogen (secondary N) is 1. The Balaban J connectivity index is 1.41. The molecular weight excluding hydrogens is 346 g/mol. The molecule has 2 aliphatic rings. The van der Waals surface area contributed by atoms with Crippen LogP contribution in [0.4, 0.5) is 10.5 Å². The average Bonchev–Trinajstić information content (AvgIpc) is 3.29. The standard InChI is InChI=1S/C19H25N5O3/c25-18-14-27-13-17(18)22-8-4-9-23(12-11-22)19(26)21-15-5-1-2-6-16(15)24-10-3-7-20-24/h1-3,5-7,10,17-18,25H,4,8-9,11-14H2,(H,21,26)/t17-,18-/m1/s1. The fourth-order valence-corrected chi connectivity index (χ4v) is 3.74. The van der Waals surface area contributed by atoms with Gasteiger partial charge in [-0.05, 0) is 24.6 Å². The van der Waals surface area contributed by atoms with Gasteiger partial charge in [-0.1, -0.05) is 12.1 Å². The Kier molecular flexibility index (Phi) is 5.38. The van der Waals surface area contributed by atoms with Gasteiger partial charge in [-0.3, -0.25) is 4.90 Å². The van der Waals surface area contributed by atoms with Gasteiger partial charge in [0.15, 0.2) is 0 Å². The molecule has 2 amide bonds. The molecular formula is C19H25N5O3. The number of urea groups is 1. The lowest BCUT2D eigenvalue weighted by Crippen LogP contribution is -2.45. The van der Waals surface area contributed by atoms with Crippen LogP contribution in [0.5, 0.6) is 0 Å². The molecule has 0 unspecified atom stereocenters. The summed E-state index contributed by atoms with van der Waals surface area (Å²) < 4.78 is 7.11. The summed E-state index contributed by atoms with van der Waals surface area (Å²) in [5.41, 5.74) is 1.56. The van der Waals surface area contributed by atoms with Gasteiger partial charge in [-0.15, -0.1) is 0 Å². The molecule has 0 bridgehead atoms. The van der Waals surface area contributed by atoms with Crippen LogP contribution >= 0.6 is 0 Å². The maximum Gasteiger partial charge on any atom is 0.321 e. The summed E-state index contributed by atoms with van der Waals surface area (Å²) in [4.78, 5) is 16.9. The maximum absolute atomic E-state index is 12.8. The van der Waals surface area contributed by atoms with Gasteiger partial charge in [0, 0.05) is 38.6 Å². The lowest BCUT2D eigenvalue weighted by molar-refractivity contribution is 0.0845. The molecule has 8 heteroatoms. The molecule has 8 nitrogen and oxygen atoms in total. The van der Waals surface area contributed by atoms with E-state index in [-0.39, 0.29) is 12.1 Å². The smallest absolute Gasteiger partial charge is 0.321 e. The predicted molar refractivity (Wildman–Crippen MR) is 101 cm³/mol. The highest BCUT2D eigenvalue weighted by Gasteiger charge is 2.33. The second-order valence-electron chi connectivity index (χ2n) is 6.95. The van der Waals surface area contributed by atoms with E-state index in [1.54, 1.807) is 10.9 Å². The van der Waals surface area contributed by atoms with Crippen LogP contribution < -0.4 is 5.32 Å². The Morgan fingerprint density at radius 1 is 1.15 bits per heavy atom. The summed E-state index contributed by atoms with van der Waals surface area (Å²) in [6.45, 7) is 3.87. The summed E-state index contributed by atoms with van der Waals surface area (Å²) >= 11 is 0. The van der Waals surface area contributed by atoms with Crippen molar-refractivity contribution in [2.75, 3.05) is 44.7 Å².